The zero-order chi connectivity index (χ0) is 13.6. The molecular weight excluding hydrogens is 254 g/mol. The smallest absolute Gasteiger partial charge is 0.305 e. The van der Waals surface area contributed by atoms with Crippen LogP contribution < -0.4 is 0 Å². The number of esters is 1. The van der Waals surface area contributed by atoms with Gasteiger partial charge in [0.15, 0.2) is 9.84 Å². The minimum absolute atomic E-state index is 0.205. The minimum Gasteiger partial charge on any atom is -0.466 e. The number of hydrogen-bond acceptors (Lipinski definition) is 5. The number of pyridine rings is 1. The fraction of sp³-hybridized carbons (Fsp3) is 0.500. The fourth-order valence-electron chi connectivity index (χ4n) is 1.43. The van der Waals surface area contributed by atoms with Crippen molar-refractivity contribution in [3.63, 3.8) is 0 Å². The maximum atomic E-state index is 11.2. The van der Waals surface area contributed by atoms with Crippen LogP contribution in [0.2, 0.25) is 0 Å². The molecule has 0 amide bonds. The lowest BCUT2D eigenvalue weighted by Crippen LogP contribution is -2.04. The summed E-state index contributed by atoms with van der Waals surface area (Å²) < 4.78 is 27.2. The van der Waals surface area contributed by atoms with Gasteiger partial charge in [0.25, 0.3) is 0 Å². The van der Waals surface area contributed by atoms with E-state index in [0.29, 0.717) is 25.9 Å². The van der Waals surface area contributed by atoms with Gasteiger partial charge in [-0.1, -0.05) is 0 Å². The van der Waals surface area contributed by atoms with Gasteiger partial charge in [0.1, 0.15) is 0 Å². The molecule has 0 aromatic carbocycles. The Kier molecular flexibility index (Phi) is 5.27. The second-order valence-corrected chi connectivity index (χ2v) is 5.93. The van der Waals surface area contributed by atoms with Crippen molar-refractivity contribution in [1.29, 1.82) is 0 Å². The average Bonchev–Trinajstić information content (AvgIpc) is 2.29. The third kappa shape index (κ3) is 4.83. The monoisotopic (exact) mass is 271 g/mol. The molecule has 0 N–H and O–H groups in total. The summed E-state index contributed by atoms with van der Waals surface area (Å²) in [4.78, 5) is 15.4. The zero-order valence-electron chi connectivity index (χ0n) is 10.5. The molecule has 0 spiro atoms. The molecule has 0 atom stereocenters. The molecule has 1 heterocycles. The normalized spacial score (nSPS) is 11.2. The summed E-state index contributed by atoms with van der Waals surface area (Å²) in [6.07, 6.45) is 4.11. The van der Waals surface area contributed by atoms with Crippen LogP contribution in [0.15, 0.2) is 23.2 Å². The van der Waals surface area contributed by atoms with Gasteiger partial charge >= 0.3 is 5.97 Å². The number of carbonyl (C=O) groups is 1. The van der Waals surface area contributed by atoms with Crippen molar-refractivity contribution in [3.05, 3.63) is 24.0 Å². The molecule has 0 aliphatic carbocycles. The quantitative estimate of drug-likeness (QED) is 0.731. The van der Waals surface area contributed by atoms with Crippen molar-refractivity contribution in [2.24, 2.45) is 0 Å². The summed E-state index contributed by atoms with van der Waals surface area (Å²) >= 11 is 0. The van der Waals surface area contributed by atoms with E-state index in [1.165, 1.54) is 12.3 Å². The van der Waals surface area contributed by atoms with Crippen LogP contribution in [0.25, 0.3) is 0 Å². The summed E-state index contributed by atoms with van der Waals surface area (Å²) in [6, 6.07) is 3.20. The standard InChI is InChI=1S/C12H17NO4S/c1-3-17-12(14)6-4-5-10-7-8-11(9-13-10)18(2,15)16/h7-9H,3-6H2,1-2H3. The summed E-state index contributed by atoms with van der Waals surface area (Å²) in [5.74, 6) is -0.217. The highest BCUT2D eigenvalue weighted by molar-refractivity contribution is 7.90. The maximum absolute atomic E-state index is 11.2. The third-order valence-corrected chi connectivity index (χ3v) is 3.44. The molecule has 0 saturated heterocycles. The Morgan fingerprint density at radius 1 is 1.39 bits per heavy atom. The van der Waals surface area contributed by atoms with Crippen LogP contribution in [0.5, 0.6) is 0 Å². The van der Waals surface area contributed by atoms with Crippen LogP contribution in [0.4, 0.5) is 0 Å². The molecule has 1 aromatic heterocycles. The van der Waals surface area contributed by atoms with Gasteiger partial charge in [-0.05, 0) is 31.9 Å². The number of aryl methyl sites for hydroxylation is 1. The molecule has 1 aromatic rings. The maximum Gasteiger partial charge on any atom is 0.305 e. The predicted octanol–water partition coefficient (Wildman–Crippen LogP) is 1.37. The van der Waals surface area contributed by atoms with Gasteiger partial charge in [-0.15, -0.1) is 0 Å². The molecule has 0 aliphatic heterocycles. The molecule has 0 radical (unpaired) electrons. The fourth-order valence-corrected chi connectivity index (χ4v) is 1.98. The second-order valence-electron chi connectivity index (χ2n) is 3.92. The van der Waals surface area contributed by atoms with Crippen molar-refractivity contribution in [3.8, 4) is 0 Å². The summed E-state index contributed by atoms with van der Waals surface area (Å²) in [7, 11) is -3.20. The van der Waals surface area contributed by atoms with Crippen LogP contribution in [0.3, 0.4) is 0 Å². The van der Waals surface area contributed by atoms with E-state index in [0.717, 1.165) is 11.9 Å². The van der Waals surface area contributed by atoms with Gasteiger partial charge in [0.2, 0.25) is 0 Å². The van der Waals surface area contributed by atoms with E-state index >= 15 is 0 Å². The highest BCUT2D eigenvalue weighted by atomic mass is 32.2. The van der Waals surface area contributed by atoms with Gasteiger partial charge in [-0.3, -0.25) is 9.78 Å². The molecule has 0 bridgehead atoms. The first kappa shape index (κ1) is 14.6. The molecular formula is C12H17NO4S. The van der Waals surface area contributed by atoms with Crippen molar-refractivity contribution >= 4 is 15.8 Å². The van der Waals surface area contributed by atoms with Crippen LogP contribution in [0, 0.1) is 0 Å². The van der Waals surface area contributed by atoms with Gasteiger partial charge in [-0.25, -0.2) is 8.42 Å². The lowest BCUT2D eigenvalue weighted by atomic mass is 10.2. The lowest BCUT2D eigenvalue weighted by Gasteiger charge is -2.03. The third-order valence-electron chi connectivity index (χ3n) is 2.34. The average molecular weight is 271 g/mol. The highest BCUT2D eigenvalue weighted by Crippen LogP contribution is 2.09. The Labute approximate surface area is 107 Å². The van der Waals surface area contributed by atoms with E-state index in [9.17, 15) is 13.2 Å². The SMILES string of the molecule is CCOC(=O)CCCc1ccc(S(C)(=O)=O)cn1. The molecule has 0 aliphatic rings. The molecule has 1 rings (SSSR count). The Morgan fingerprint density at radius 2 is 2.11 bits per heavy atom. The van der Waals surface area contributed by atoms with E-state index in [-0.39, 0.29) is 10.9 Å². The van der Waals surface area contributed by atoms with E-state index in [1.807, 2.05) is 0 Å². The topological polar surface area (TPSA) is 73.3 Å². The van der Waals surface area contributed by atoms with Gasteiger partial charge < -0.3 is 4.74 Å². The first-order chi connectivity index (χ1) is 8.43. The lowest BCUT2D eigenvalue weighted by molar-refractivity contribution is -0.143. The first-order valence-electron chi connectivity index (χ1n) is 5.74. The number of hydrogen-bond donors (Lipinski definition) is 0. The Bertz CT molecular complexity index is 493. The van der Waals surface area contributed by atoms with Crippen molar-refractivity contribution < 1.29 is 17.9 Å². The van der Waals surface area contributed by atoms with Crippen LogP contribution >= 0.6 is 0 Å². The van der Waals surface area contributed by atoms with Gasteiger partial charge in [-0.2, -0.15) is 0 Å². The van der Waals surface area contributed by atoms with Crippen molar-refractivity contribution in [2.75, 3.05) is 12.9 Å². The molecule has 6 heteroatoms. The number of sulfone groups is 1. The summed E-state index contributed by atoms with van der Waals surface area (Å²) in [6.45, 7) is 2.16. The highest BCUT2D eigenvalue weighted by Gasteiger charge is 2.07. The minimum atomic E-state index is -3.20. The molecule has 5 nitrogen and oxygen atoms in total. The van der Waals surface area contributed by atoms with E-state index in [4.69, 9.17) is 4.74 Å². The predicted molar refractivity (Wildman–Crippen MR) is 66.9 cm³/mol. The first-order valence-corrected chi connectivity index (χ1v) is 7.63. The Balaban J connectivity index is 2.47. The van der Waals surface area contributed by atoms with E-state index < -0.39 is 9.84 Å². The van der Waals surface area contributed by atoms with Gasteiger partial charge in [0, 0.05) is 24.6 Å². The van der Waals surface area contributed by atoms with Crippen LogP contribution in [-0.2, 0) is 25.8 Å². The van der Waals surface area contributed by atoms with E-state index in [1.54, 1.807) is 13.0 Å². The van der Waals surface area contributed by atoms with Crippen molar-refractivity contribution in [2.45, 2.75) is 31.1 Å². The number of carbonyl (C=O) groups excluding carboxylic acids is 1. The zero-order valence-corrected chi connectivity index (χ0v) is 11.4. The Hall–Kier alpha value is -1.43. The van der Waals surface area contributed by atoms with E-state index in [2.05, 4.69) is 4.98 Å². The van der Waals surface area contributed by atoms with Gasteiger partial charge in [0.05, 0.1) is 11.5 Å². The number of rotatable bonds is 6. The van der Waals surface area contributed by atoms with Crippen molar-refractivity contribution in [1.82, 2.24) is 4.98 Å². The number of aromatic nitrogens is 1. The molecule has 100 valence electrons. The summed E-state index contributed by atoms with van der Waals surface area (Å²) in [5, 5.41) is 0. The molecule has 0 fully saturated rings. The van der Waals surface area contributed by atoms with Crippen LogP contribution in [0.1, 0.15) is 25.5 Å². The van der Waals surface area contributed by atoms with Crippen LogP contribution in [-0.4, -0.2) is 32.2 Å². The molecule has 18 heavy (non-hydrogen) atoms. The second kappa shape index (κ2) is 6.49. The molecule has 0 saturated carbocycles. The molecule has 0 unspecified atom stereocenters. The summed E-state index contributed by atoms with van der Waals surface area (Å²) in [5.41, 5.74) is 0.770. The largest absolute Gasteiger partial charge is 0.466 e. The number of ether oxygens (including phenoxy) is 1. The number of nitrogens with zero attached hydrogens (tertiary/aromatic N) is 1. The Morgan fingerprint density at radius 3 is 2.61 bits per heavy atom.